The van der Waals surface area contributed by atoms with E-state index in [1.165, 1.54) is 121 Å². The summed E-state index contributed by atoms with van der Waals surface area (Å²) in [6.45, 7) is 87.9. The van der Waals surface area contributed by atoms with Crippen molar-refractivity contribution >= 4 is 0 Å². The third-order valence-corrected chi connectivity index (χ3v) is 20.6. The zero-order valence-electron chi connectivity index (χ0n) is 68.8. The molecule has 7 fully saturated rings. The van der Waals surface area contributed by atoms with Crippen molar-refractivity contribution < 1.29 is 4.74 Å². The second kappa shape index (κ2) is 37.8. The van der Waals surface area contributed by atoms with Gasteiger partial charge in [-0.15, -0.1) is 0 Å². The van der Waals surface area contributed by atoms with Crippen molar-refractivity contribution in [3.05, 3.63) is 60.2 Å². The minimum Gasteiger partial charge on any atom is -0.381 e. The highest BCUT2D eigenvalue weighted by Gasteiger charge is 2.37. The van der Waals surface area contributed by atoms with Gasteiger partial charge in [0.25, 0.3) is 0 Å². The maximum Gasteiger partial charge on any atom is 0.0521 e. The van der Waals surface area contributed by atoms with Gasteiger partial charge in [-0.05, 0) is 235 Å². The Kier molecular flexibility index (Phi) is 37.0. The molecule has 0 radical (unpaired) electrons. The first-order valence-corrected chi connectivity index (χ1v) is 37.2. The van der Waals surface area contributed by atoms with Gasteiger partial charge in [0.15, 0.2) is 0 Å². The minimum absolute atomic E-state index is 0.230. The van der Waals surface area contributed by atoms with Crippen molar-refractivity contribution in [1.82, 2.24) is 24.7 Å². The van der Waals surface area contributed by atoms with Gasteiger partial charge in [-0.25, -0.2) is 0 Å². The molecule has 536 valence electrons. The molecule has 0 amide bonds. The molecule has 91 heavy (non-hydrogen) atoms. The first-order chi connectivity index (χ1) is 40.7. The first kappa shape index (κ1) is 89.1. The lowest BCUT2D eigenvalue weighted by Gasteiger charge is -2.44. The van der Waals surface area contributed by atoms with Gasteiger partial charge in [-0.3, -0.25) is 9.97 Å². The van der Waals surface area contributed by atoms with Crippen LogP contribution in [0.15, 0.2) is 49.1 Å². The summed E-state index contributed by atoms with van der Waals surface area (Å²) in [5.74, 6) is 7.69. The molecule has 4 saturated heterocycles. The van der Waals surface area contributed by atoms with Crippen LogP contribution in [0.3, 0.4) is 0 Å². The number of aromatic nitrogens is 2. The molecule has 2 aromatic heterocycles. The standard InChI is InChI=1S/C10H21N.C9H19N.2C9H13N.C9H18.C9H20.C8H17N.C8H16.C7H14O.C7H14/c1-10(2,3)9-5-7-11(4)8-6-9;1-9(2,3)8-5-6-10(4)7-8;1-9(2,3)8-4-6-10-7-5-8;1-9(2,3)8-5-4-6-10-7-8;1-7-5-8(6-7)9(2,3)4;1-8(2,3)7-9(4,5)6;1-8(2,3)7-5-9(4)6-7;1-8(2,3)7-5-4-6-7;1-7(2,3)6-4-8-5-6;1-7(2,3)6-4-5-6/h9H,5-8H2,1-4H3;8H,5-7H2,1-4H3;2*4-7H,1-3H3;7-8H,5-6H2,1-4H3;7H2,1-6H3;7H,5-6H2,1-4H3;7H,4-6H2,1-3H3;6H,4-5H2,1-3H3;6H,4-5H2,1-3H3. The maximum absolute atomic E-state index is 5.06. The van der Waals surface area contributed by atoms with E-state index in [9.17, 15) is 0 Å². The molecule has 1 unspecified atom stereocenters. The van der Waals surface area contributed by atoms with Crippen molar-refractivity contribution in [1.29, 1.82) is 0 Å². The van der Waals surface area contributed by atoms with Crippen LogP contribution < -0.4 is 0 Å². The van der Waals surface area contributed by atoms with Crippen molar-refractivity contribution in [3.8, 4) is 0 Å². The van der Waals surface area contributed by atoms with Crippen LogP contribution in [0.5, 0.6) is 0 Å². The average Bonchev–Trinajstić information content (AvgIpc) is 1.74. The molecule has 7 aliphatic rings. The van der Waals surface area contributed by atoms with E-state index >= 15 is 0 Å². The maximum atomic E-state index is 5.06. The smallest absolute Gasteiger partial charge is 0.0521 e. The molecule has 3 saturated carbocycles. The van der Waals surface area contributed by atoms with Gasteiger partial charge in [0.05, 0.1) is 13.2 Å². The Labute approximate surface area is 573 Å². The predicted octanol–water partition coefficient (Wildman–Crippen LogP) is 24.2. The third kappa shape index (κ3) is 42.4. The summed E-state index contributed by atoms with van der Waals surface area (Å²) in [7, 11) is 6.62. The molecular weight excluding hydrogens is 1110 g/mol. The van der Waals surface area contributed by atoms with E-state index in [4.69, 9.17) is 4.74 Å². The Hall–Kier alpha value is -1.86. The Morgan fingerprint density at radius 2 is 0.714 bits per heavy atom. The number of pyridine rings is 2. The SMILES string of the molecule is CC(C)(C)C1CC1.CC(C)(C)C1CCC1.CC(C)(C)C1COC1.CC(C)(C)CC(C)(C)C.CC(C)(C)c1cccnc1.CC(C)(C)c1ccncc1.CC1CC(C(C)(C)C)C1.CN1CC(C(C)(C)C)C1.CN1CCC(C(C)(C)C)C1.CN1CCC(C(C)(C)C)CC1. The van der Waals surface area contributed by atoms with Crippen molar-refractivity contribution in [3.63, 3.8) is 0 Å². The number of hydrogen-bond acceptors (Lipinski definition) is 6. The fourth-order valence-electron chi connectivity index (χ4n) is 12.6. The summed E-state index contributed by atoms with van der Waals surface area (Å²) in [4.78, 5) is 15.2. The van der Waals surface area contributed by atoms with E-state index in [0.29, 0.717) is 48.7 Å². The highest BCUT2D eigenvalue weighted by atomic mass is 16.5. The lowest BCUT2D eigenvalue weighted by Crippen LogP contribution is -2.49. The minimum atomic E-state index is 0.230. The van der Waals surface area contributed by atoms with E-state index in [-0.39, 0.29) is 10.8 Å². The molecule has 1 atom stereocenters. The average molecular weight is 1270 g/mol. The number of rotatable bonds is 0. The van der Waals surface area contributed by atoms with Gasteiger partial charge >= 0.3 is 0 Å². The monoisotopic (exact) mass is 1270 g/mol. The fraction of sp³-hybridized carbons (Fsp3) is 0.882. The first-order valence-electron chi connectivity index (χ1n) is 37.2. The number of hydrogen-bond donors (Lipinski definition) is 0. The number of piperidine rings is 1. The number of nitrogens with zero attached hydrogens (tertiary/aromatic N) is 5. The lowest BCUT2D eigenvalue weighted by atomic mass is 9.64. The normalized spacial score (nSPS) is 21.7. The molecule has 0 bridgehead atoms. The second-order valence-corrected chi connectivity index (χ2v) is 42.0. The van der Waals surface area contributed by atoms with Crippen LogP contribution in [0.25, 0.3) is 0 Å². The molecule has 6 heteroatoms. The Morgan fingerprint density at radius 3 is 0.868 bits per heavy atom. The molecule has 3 aliphatic carbocycles. The quantitative estimate of drug-likeness (QED) is 0.262. The molecule has 9 rings (SSSR count). The van der Waals surface area contributed by atoms with Crippen molar-refractivity contribution in [2.24, 2.45) is 96.1 Å². The van der Waals surface area contributed by atoms with Gasteiger partial charge in [0.1, 0.15) is 0 Å². The lowest BCUT2D eigenvalue weighted by molar-refractivity contribution is -0.0821. The molecule has 6 nitrogen and oxygen atoms in total. The van der Waals surface area contributed by atoms with E-state index in [1.807, 2.05) is 24.7 Å². The van der Waals surface area contributed by atoms with Crippen molar-refractivity contribution in [2.75, 3.05) is 73.6 Å². The number of likely N-dealkylation sites (tertiary alicyclic amines) is 3. The van der Waals surface area contributed by atoms with E-state index in [2.05, 4.69) is 299 Å². The van der Waals surface area contributed by atoms with Crippen LogP contribution in [-0.4, -0.2) is 98.3 Å². The van der Waals surface area contributed by atoms with Gasteiger partial charge in [-0.1, -0.05) is 248 Å². The van der Waals surface area contributed by atoms with Crippen molar-refractivity contribution in [2.45, 2.75) is 317 Å². The number of ether oxygens (including phenoxy) is 1. The van der Waals surface area contributed by atoms with Gasteiger partial charge in [-0.2, -0.15) is 0 Å². The molecule has 6 heterocycles. The summed E-state index contributed by atoms with van der Waals surface area (Å²) in [6, 6.07) is 8.19. The topological polar surface area (TPSA) is 44.7 Å². The van der Waals surface area contributed by atoms with Crippen LogP contribution in [0.4, 0.5) is 0 Å². The van der Waals surface area contributed by atoms with E-state index in [1.54, 1.807) is 6.20 Å². The second-order valence-electron chi connectivity index (χ2n) is 42.0. The highest BCUT2D eigenvalue weighted by molar-refractivity contribution is 5.19. The Bertz CT molecular complexity index is 2010. The summed E-state index contributed by atoms with van der Waals surface area (Å²) in [5, 5.41) is 0. The van der Waals surface area contributed by atoms with Crippen LogP contribution in [0.2, 0.25) is 0 Å². The van der Waals surface area contributed by atoms with Gasteiger partial charge in [0.2, 0.25) is 0 Å². The Morgan fingerprint density at radius 1 is 0.363 bits per heavy atom. The van der Waals surface area contributed by atoms with Gasteiger partial charge in [0, 0.05) is 50.3 Å². The van der Waals surface area contributed by atoms with Crippen LogP contribution in [-0.2, 0) is 15.6 Å². The summed E-state index contributed by atoms with van der Waals surface area (Å²) >= 11 is 0. The van der Waals surface area contributed by atoms with Crippen LogP contribution in [0, 0.1) is 96.1 Å². The molecule has 4 aliphatic heterocycles. The summed E-state index contributed by atoms with van der Waals surface area (Å²) in [6.07, 6.45) is 23.1. The molecular formula is C85H165N5O. The fourth-order valence-corrected chi connectivity index (χ4v) is 12.6. The van der Waals surface area contributed by atoms with Crippen LogP contribution in [0.1, 0.15) is 317 Å². The van der Waals surface area contributed by atoms with E-state index < -0.39 is 0 Å². The van der Waals surface area contributed by atoms with Gasteiger partial charge < -0.3 is 19.4 Å². The molecule has 0 aromatic carbocycles. The highest BCUT2D eigenvalue weighted by Crippen LogP contribution is 2.46. The third-order valence-electron chi connectivity index (χ3n) is 20.6. The predicted molar refractivity (Wildman–Crippen MR) is 409 cm³/mol. The zero-order valence-corrected chi connectivity index (χ0v) is 68.8. The summed E-state index contributed by atoms with van der Waals surface area (Å²) in [5.41, 5.74) is 7.91. The van der Waals surface area contributed by atoms with Crippen LogP contribution >= 0.6 is 0 Å². The zero-order chi connectivity index (χ0) is 71.2. The van der Waals surface area contributed by atoms with E-state index in [0.717, 1.165) is 60.6 Å². The summed E-state index contributed by atoms with van der Waals surface area (Å²) < 4.78 is 5.06. The Balaban J connectivity index is 0.000000991. The molecule has 0 spiro atoms. The molecule has 0 N–H and O–H groups in total. The molecule has 2 aromatic rings. The largest absolute Gasteiger partial charge is 0.381 e.